The van der Waals surface area contributed by atoms with Gasteiger partial charge >= 0.3 is 5.97 Å². The molecule has 0 radical (unpaired) electrons. The van der Waals surface area contributed by atoms with Crippen LogP contribution in [0.1, 0.15) is 24.9 Å². The third-order valence-electron chi connectivity index (χ3n) is 2.17. The summed E-state index contributed by atoms with van der Waals surface area (Å²) in [5.41, 5.74) is 0.328. The molecule has 76 valence electrons. The number of aromatic nitrogens is 1. The second-order valence-corrected chi connectivity index (χ2v) is 3.17. The van der Waals surface area contributed by atoms with Crippen molar-refractivity contribution < 1.29 is 9.90 Å². The summed E-state index contributed by atoms with van der Waals surface area (Å²) in [6.45, 7) is 3.42. The molecule has 1 aromatic heterocycles. The third-order valence-corrected chi connectivity index (χ3v) is 2.17. The van der Waals surface area contributed by atoms with Crippen LogP contribution in [-0.4, -0.2) is 15.6 Å². The number of hydrogen-bond acceptors (Lipinski definition) is 2. The molecule has 0 aliphatic heterocycles. The molecule has 0 aliphatic carbocycles. The van der Waals surface area contributed by atoms with Gasteiger partial charge in [-0.05, 0) is 19.4 Å². The van der Waals surface area contributed by atoms with Crippen molar-refractivity contribution in [1.82, 2.24) is 4.57 Å². The Balaban J connectivity index is 3.24. The first kappa shape index (κ1) is 10.5. The second kappa shape index (κ2) is 4.09. The summed E-state index contributed by atoms with van der Waals surface area (Å²) in [4.78, 5) is 22.4. The summed E-state index contributed by atoms with van der Waals surface area (Å²) < 4.78 is 1.26. The number of pyridine rings is 1. The average Bonchev–Trinajstić information content (AvgIpc) is 2.13. The van der Waals surface area contributed by atoms with Gasteiger partial charge < -0.3 is 9.67 Å². The first-order chi connectivity index (χ1) is 6.57. The molecule has 0 spiro atoms. The highest BCUT2D eigenvalue weighted by atomic mass is 16.4. The maximum Gasteiger partial charge on any atom is 0.326 e. The zero-order chi connectivity index (χ0) is 10.7. The first-order valence-electron chi connectivity index (χ1n) is 4.48. The van der Waals surface area contributed by atoms with Gasteiger partial charge in [-0.3, -0.25) is 4.79 Å². The van der Waals surface area contributed by atoms with Gasteiger partial charge in [0.15, 0.2) is 0 Å². The molecule has 1 aromatic rings. The van der Waals surface area contributed by atoms with Crippen molar-refractivity contribution in [2.45, 2.75) is 26.3 Å². The van der Waals surface area contributed by atoms with Crippen molar-refractivity contribution in [3.8, 4) is 0 Å². The fourth-order valence-corrected chi connectivity index (χ4v) is 1.36. The van der Waals surface area contributed by atoms with Crippen molar-refractivity contribution in [3.63, 3.8) is 0 Å². The van der Waals surface area contributed by atoms with E-state index in [9.17, 15) is 9.59 Å². The third kappa shape index (κ3) is 1.84. The molecular formula is C10H13NO3. The molecular weight excluding hydrogens is 182 g/mol. The molecule has 1 atom stereocenters. The maximum absolute atomic E-state index is 11.6. The van der Waals surface area contributed by atoms with E-state index in [2.05, 4.69) is 0 Å². The molecule has 1 heterocycles. The summed E-state index contributed by atoms with van der Waals surface area (Å²) in [6.07, 6.45) is 1.91. The molecule has 14 heavy (non-hydrogen) atoms. The normalized spacial score (nSPS) is 12.4. The van der Waals surface area contributed by atoms with Gasteiger partial charge in [0.05, 0.1) is 0 Å². The molecule has 1 rings (SSSR count). The average molecular weight is 195 g/mol. The zero-order valence-corrected chi connectivity index (χ0v) is 8.23. The van der Waals surface area contributed by atoms with Gasteiger partial charge in [0.2, 0.25) is 0 Å². The van der Waals surface area contributed by atoms with Crippen LogP contribution in [-0.2, 0) is 4.79 Å². The van der Waals surface area contributed by atoms with Crippen LogP contribution in [0.4, 0.5) is 0 Å². The topological polar surface area (TPSA) is 59.3 Å². The van der Waals surface area contributed by atoms with Gasteiger partial charge in [0.1, 0.15) is 6.04 Å². The van der Waals surface area contributed by atoms with Gasteiger partial charge in [0.25, 0.3) is 5.56 Å². The second-order valence-electron chi connectivity index (χ2n) is 3.17. The molecule has 0 aliphatic rings. The summed E-state index contributed by atoms with van der Waals surface area (Å²) in [7, 11) is 0. The van der Waals surface area contributed by atoms with Crippen molar-refractivity contribution in [2.75, 3.05) is 0 Å². The van der Waals surface area contributed by atoms with Gasteiger partial charge in [-0.25, -0.2) is 4.79 Å². The van der Waals surface area contributed by atoms with E-state index in [0.29, 0.717) is 12.0 Å². The van der Waals surface area contributed by atoms with Gasteiger partial charge in [-0.15, -0.1) is 0 Å². The van der Waals surface area contributed by atoms with Crippen LogP contribution in [0.2, 0.25) is 0 Å². The van der Waals surface area contributed by atoms with E-state index in [4.69, 9.17) is 5.11 Å². The van der Waals surface area contributed by atoms with Crippen molar-refractivity contribution in [2.24, 2.45) is 0 Å². The number of hydrogen-bond donors (Lipinski definition) is 1. The minimum absolute atomic E-state index is 0.234. The van der Waals surface area contributed by atoms with Crippen LogP contribution < -0.4 is 5.56 Å². The standard InChI is InChI=1S/C10H13NO3/c1-3-8(10(13)14)11-6-4-5-7(2)9(11)12/h4-6,8H,3H2,1-2H3,(H,13,14). The summed E-state index contributed by atoms with van der Waals surface area (Å²) in [5.74, 6) is -0.972. The molecule has 1 unspecified atom stereocenters. The quantitative estimate of drug-likeness (QED) is 0.788. The van der Waals surface area contributed by atoms with E-state index in [0.717, 1.165) is 0 Å². The lowest BCUT2D eigenvalue weighted by atomic mass is 10.2. The predicted octanol–water partition coefficient (Wildman–Crippen LogP) is 1.19. The van der Waals surface area contributed by atoms with E-state index in [-0.39, 0.29) is 5.56 Å². The number of carboxylic acids is 1. The van der Waals surface area contributed by atoms with Gasteiger partial charge in [-0.2, -0.15) is 0 Å². The Morgan fingerprint density at radius 2 is 2.29 bits per heavy atom. The summed E-state index contributed by atoms with van der Waals surface area (Å²) in [6, 6.07) is 2.60. The van der Waals surface area contributed by atoms with Crippen LogP contribution in [0, 0.1) is 6.92 Å². The number of rotatable bonds is 3. The Labute approximate surface area is 81.8 Å². The van der Waals surface area contributed by atoms with Crippen LogP contribution in [0.25, 0.3) is 0 Å². The number of aryl methyl sites for hydroxylation is 1. The number of aliphatic carboxylic acids is 1. The molecule has 0 bridgehead atoms. The lowest BCUT2D eigenvalue weighted by Crippen LogP contribution is -2.30. The van der Waals surface area contributed by atoms with E-state index in [1.807, 2.05) is 0 Å². The molecule has 0 fully saturated rings. The monoisotopic (exact) mass is 195 g/mol. The van der Waals surface area contributed by atoms with Crippen molar-refractivity contribution >= 4 is 5.97 Å². The molecule has 0 saturated heterocycles. The highest BCUT2D eigenvalue weighted by molar-refractivity contribution is 5.71. The summed E-state index contributed by atoms with van der Waals surface area (Å²) in [5, 5.41) is 8.88. The Bertz CT molecular complexity index is 395. The Morgan fingerprint density at radius 1 is 1.64 bits per heavy atom. The van der Waals surface area contributed by atoms with Crippen LogP contribution in [0.15, 0.2) is 23.1 Å². The Hall–Kier alpha value is -1.58. The summed E-state index contributed by atoms with van der Waals surface area (Å²) >= 11 is 0. The van der Waals surface area contributed by atoms with Crippen LogP contribution >= 0.6 is 0 Å². The zero-order valence-electron chi connectivity index (χ0n) is 8.23. The number of carbonyl (C=O) groups is 1. The lowest BCUT2D eigenvalue weighted by molar-refractivity contribution is -0.141. The minimum Gasteiger partial charge on any atom is -0.480 e. The van der Waals surface area contributed by atoms with Crippen LogP contribution in [0.5, 0.6) is 0 Å². The van der Waals surface area contributed by atoms with E-state index in [1.165, 1.54) is 10.8 Å². The fraction of sp³-hybridized carbons (Fsp3) is 0.400. The minimum atomic E-state index is -0.972. The Kier molecular flexibility index (Phi) is 3.06. The molecule has 0 amide bonds. The predicted molar refractivity (Wildman–Crippen MR) is 52.4 cm³/mol. The fourth-order valence-electron chi connectivity index (χ4n) is 1.36. The molecule has 4 heteroatoms. The van der Waals surface area contributed by atoms with Gasteiger partial charge in [-0.1, -0.05) is 13.0 Å². The Morgan fingerprint density at radius 3 is 2.79 bits per heavy atom. The van der Waals surface area contributed by atoms with E-state index < -0.39 is 12.0 Å². The molecule has 0 aromatic carbocycles. The highest BCUT2D eigenvalue weighted by Crippen LogP contribution is 2.08. The molecule has 1 N–H and O–H groups in total. The SMILES string of the molecule is CCC(C(=O)O)n1cccc(C)c1=O. The van der Waals surface area contributed by atoms with E-state index in [1.54, 1.807) is 26.0 Å². The van der Waals surface area contributed by atoms with Crippen molar-refractivity contribution in [3.05, 3.63) is 34.2 Å². The van der Waals surface area contributed by atoms with Gasteiger partial charge in [0, 0.05) is 11.8 Å². The maximum atomic E-state index is 11.6. The highest BCUT2D eigenvalue weighted by Gasteiger charge is 2.17. The first-order valence-corrected chi connectivity index (χ1v) is 4.48. The van der Waals surface area contributed by atoms with E-state index >= 15 is 0 Å². The molecule has 4 nitrogen and oxygen atoms in total. The van der Waals surface area contributed by atoms with Crippen molar-refractivity contribution in [1.29, 1.82) is 0 Å². The van der Waals surface area contributed by atoms with Crippen LogP contribution in [0.3, 0.4) is 0 Å². The molecule has 0 saturated carbocycles. The lowest BCUT2D eigenvalue weighted by Gasteiger charge is -2.13. The largest absolute Gasteiger partial charge is 0.480 e. The number of nitrogens with zero attached hydrogens (tertiary/aromatic N) is 1. The number of carboxylic acid groups (broad SMARTS) is 1. The smallest absolute Gasteiger partial charge is 0.326 e.